The number of esters is 1. The molecule has 2 aromatic rings. The lowest BCUT2D eigenvalue weighted by Crippen LogP contribution is -2.49. The van der Waals surface area contributed by atoms with Crippen molar-refractivity contribution in [3.8, 4) is 23.0 Å². The molecule has 1 aromatic heterocycles. The highest BCUT2D eigenvalue weighted by Crippen LogP contribution is 2.41. The molecule has 1 saturated heterocycles. The van der Waals surface area contributed by atoms with Crippen LogP contribution in [0.3, 0.4) is 0 Å². The number of likely N-dealkylation sites (tertiary alicyclic amines) is 1. The van der Waals surface area contributed by atoms with Gasteiger partial charge >= 0.3 is 12.1 Å². The minimum atomic E-state index is -0.659. The van der Waals surface area contributed by atoms with Crippen molar-refractivity contribution in [3.05, 3.63) is 42.2 Å². The first-order valence-electron chi connectivity index (χ1n) is 11.9. The number of aromatic nitrogens is 1. The zero-order valence-electron chi connectivity index (χ0n) is 20.7. The highest BCUT2D eigenvalue weighted by Gasteiger charge is 2.34. The summed E-state index contributed by atoms with van der Waals surface area (Å²) in [4.78, 5) is 31.3. The molecule has 9 heteroatoms. The van der Waals surface area contributed by atoms with E-state index >= 15 is 0 Å². The second kappa shape index (κ2) is 13.4. The summed E-state index contributed by atoms with van der Waals surface area (Å²) in [5.74, 6) is 0.977. The number of ether oxygens (including phenoxy) is 5. The Kier molecular flexibility index (Phi) is 10.0. The maximum absolute atomic E-state index is 13.0. The highest BCUT2D eigenvalue weighted by atomic mass is 16.6. The van der Waals surface area contributed by atoms with Crippen LogP contribution in [-0.2, 0) is 16.0 Å². The Bertz CT molecular complexity index is 942. The average Bonchev–Trinajstić information content (AvgIpc) is 2.90. The number of carbonyl (C=O) groups excluding carboxylic acids is 2. The van der Waals surface area contributed by atoms with Gasteiger partial charge in [0.05, 0.1) is 27.9 Å². The van der Waals surface area contributed by atoms with Gasteiger partial charge in [-0.25, -0.2) is 9.59 Å². The summed E-state index contributed by atoms with van der Waals surface area (Å²) < 4.78 is 27.0. The number of carbonyl (C=O) groups is 2. The minimum absolute atomic E-state index is 0.232. The second-order valence-electron chi connectivity index (χ2n) is 8.27. The number of rotatable bonds is 11. The van der Waals surface area contributed by atoms with Crippen molar-refractivity contribution < 1.29 is 33.3 Å². The lowest BCUT2D eigenvalue weighted by Gasteiger charge is -2.33. The molecule has 1 amide bonds. The van der Waals surface area contributed by atoms with Gasteiger partial charge in [-0.1, -0.05) is 6.07 Å². The molecule has 190 valence electrons. The number of pyridine rings is 1. The smallest absolute Gasteiger partial charge is 0.415 e. The summed E-state index contributed by atoms with van der Waals surface area (Å²) >= 11 is 0. The third-order valence-corrected chi connectivity index (χ3v) is 5.93. The van der Waals surface area contributed by atoms with Crippen LogP contribution in [-0.4, -0.2) is 62.5 Å². The van der Waals surface area contributed by atoms with Crippen molar-refractivity contribution in [2.75, 3.05) is 34.5 Å². The second-order valence-corrected chi connectivity index (χ2v) is 8.27. The van der Waals surface area contributed by atoms with Crippen LogP contribution in [0.2, 0.25) is 0 Å². The van der Waals surface area contributed by atoms with E-state index < -0.39 is 12.1 Å². The van der Waals surface area contributed by atoms with Crippen molar-refractivity contribution in [3.63, 3.8) is 0 Å². The third-order valence-electron chi connectivity index (χ3n) is 5.93. The van der Waals surface area contributed by atoms with Crippen LogP contribution in [0.4, 0.5) is 4.79 Å². The van der Waals surface area contributed by atoms with Crippen molar-refractivity contribution in [2.24, 2.45) is 0 Å². The first-order valence-corrected chi connectivity index (χ1v) is 11.9. The van der Waals surface area contributed by atoms with Crippen molar-refractivity contribution in [1.29, 1.82) is 0 Å². The SMILES string of the molecule is COc1cc(OC(=O)N2CCCC[C@H]2C(=O)OCCCCCc2cccnc2)cc(OC)c1OC. The zero-order valence-corrected chi connectivity index (χ0v) is 20.7. The van der Waals surface area contributed by atoms with E-state index in [1.807, 2.05) is 12.3 Å². The molecule has 0 saturated carbocycles. The topological polar surface area (TPSA) is 96.4 Å². The Balaban J connectivity index is 1.52. The molecule has 0 bridgehead atoms. The quantitative estimate of drug-likeness (QED) is 0.340. The fourth-order valence-electron chi connectivity index (χ4n) is 4.09. The molecule has 1 aromatic carbocycles. The van der Waals surface area contributed by atoms with Gasteiger partial charge in [-0.15, -0.1) is 0 Å². The van der Waals surface area contributed by atoms with E-state index in [1.165, 1.54) is 31.8 Å². The van der Waals surface area contributed by atoms with Crippen LogP contribution < -0.4 is 18.9 Å². The first-order chi connectivity index (χ1) is 17.1. The number of methoxy groups -OCH3 is 3. The third kappa shape index (κ3) is 7.24. The number of hydrogen-bond acceptors (Lipinski definition) is 8. The Labute approximate surface area is 206 Å². The van der Waals surface area contributed by atoms with Crippen molar-refractivity contribution >= 4 is 12.1 Å². The van der Waals surface area contributed by atoms with E-state index in [-0.39, 0.29) is 11.7 Å². The Hall–Kier alpha value is -3.49. The van der Waals surface area contributed by atoms with E-state index in [0.717, 1.165) is 38.5 Å². The summed E-state index contributed by atoms with van der Waals surface area (Å²) in [6.45, 7) is 0.756. The van der Waals surface area contributed by atoms with Gasteiger partial charge in [0.2, 0.25) is 5.75 Å². The van der Waals surface area contributed by atoms with E-state index in [9.17, 15) is 9.59 Å². The van der Waals surface area contributed by atoms with Crippen LogP contribution in [0, 0.1) is 0 Å². The monoisotopic (exact) mass is 486 g/mol. The van der Waals surface area contributed by atoms with E-state index in [2.05, 4.69) is 11.1 Å². The fourth-order valence-corrected chi connectivity index (χ4v) is 4.09. The summed E-state index contributed by atoms with van der Waals surface area (Å²) in [5.41, 5.74) is 1.20. The van der Waals surface area contributed by atoms with Crippen LogP contribution in [0.5, 0.6) is 23.0 Å². The number of benzene rings is 1. The largest absolute Gasteiger partial charge is 0.493 e. The maximum Gasteiger partial charge on any atom is 0.415 e. The standard InChI is InChI=1S/C26H34N2O7/c1-31-22-16-20(17-23(32-2)24(22)33-3)35-26(30)28-14-7-6-12-21(28)25(29)34-15-8-4-5-10-19-11-9-13-27-18-19/h9,11,13,16-18,21H,4-8,10,12,14-15H2,1-3H3/t21-/m0/s1. The van der Waals surface area contributed by atoms with E-state index in [1.54, 1.807) is 18.3 Å². The molecule has 0 aliphatic carbocycles. The van der Waals surface area contributed by atoms with Crippen molar-refractivity contribution in [2.45, 2.75) is 51.0 Å². The van der Waals surface area contributed by atoms with Gasteiger partial charge in [0, 0.05) is 31.1 Å². The number of piperidine rings is 1. The number of unbranched alkanes of at least 4 members (excludes halogenated alkanes) is 2. The molecule has 2 heterocycles. The van der Waals surface area contributed by atoms with Crippen LogP contribution in [0.25, 0.3) is 0 Å². The van der Waals surface area contributed by atoms with E-state index in [0.29, 0.717) is 36.8 Å². The van der Waals surface area contributed by atoms with Gasteiger partial charge in [-0.3, -0.25) is 9.88 Å². The fraction of sp³-hybridized carbons (Fsp3) is 0.500. The lowest BCUT2D eigenvalue weighted by molar-refractivity contribution is -0.150. The number of hydrogen-bond donors (Lipinski definition) is 0. The number of amides is 1. The van der Waals surface area contributed by atoms with Gasteiger partial charge in [-0.2, -0.15) is 0 Å². The van der Waals surface area contributed by atoms with Gasteiger partial charge in [-0.05, 0) is 56.6 Å². The summed E-state index contributed by atoms with van der Waals surface area (Å²) in [5, 5.41) is 0. The number of aryl methyl sites for hydroxylation is 1. The summed E-state index contributed by atoms with van der Waals surface area (Å²) in [6.07, 6.45) is 8.87. The average molecular weight is 487 g/mol. The molecule has 9 nitrogen and oxygen atoms in total. The normalized spacial score (nSPS) is 15.3. The molecule has 0 radical (unpaired) electrons. The number of nitrogens with zero attached hydrogens (tertiary/aromatic N) is 2. The molecule has 1 aliphatic heterocycles. The van der Waals surface area contributed by atoms with Gasteiger partial charge in [0.25, 0.3) is 0 Å². The lowest BCUT2D eigenvalue weighted by atomic mass is 10.0. The Morgan fingerprint density at radius 1 is 1.03 bits per heavy atom. The van der Waals surface area contributed by atoms with Gasteiger partial charge in [0.15, 0.2) is 11.5 Å². The van der Waals surface area contributed by atoms with E-state index in [4.69, 9.17) is 23.7 Å². The summed E-state index contributed by atoms with van der Waals surface area (Å²) in [7, 11) is 4.47. The zero-order chi connectivity index (χ0) is 25.0. The molecule has 35 heavy (non-hydrogen) atoms. The van der Waals surface area contributed by atoms with Crippen molar-refractivity contribution in [1.82, 2.24) is 9.88 Å². The molecule has 3 rings (SSSR count). The van der Waals surface area contributed by atoms with Gasteiger partial charge < -0.3 is 23.7 Å². The predicted octanol–water partition coefficient (Wildman–Crippen LogP) is 4.42. The van der Waals surface area contributed by atoms with Crippen LogP contribution in [0.15, 0.2) is 36.7 Å². The maximum atomic E-state index is 13.0. The molecule has 0 N–H and O–H groups in total. The molecule has 0 unspecified atom stereocenters. The molecule has 1 atom stereocenters. The first kappa shape index (κ1) is 26.1. The predicted molar refractivity (Wildman–Crippen MR) is 129 cm³/mol. The molecule has 1 fully saturated rings. The minimum Gasteiger partial charge on any atom is -0.493 e. The van der Waals surface area contributed by atoms with Gasteiger partial charge in [0.1, 0.15) is 11.8 Å². The Morgan fingerprint density at radius 3 is 2.46 bits per heavy atom. The van der Waals surface area contributed by atoms with Crippen LogP contribution >= 0.6 is 0 Å². The Morgan fingerprint density at radius 2 is 1.80 bits per heavy atom. The molecule has 0 spiro atoms. The summed E-state index contributed by atoms with van der Waals surface area (Å²) in [6, 6.07) is 6.42. The molecular formula is C26H34N2O7. The highest BCUT2D eigenvalue weighted by molar-refractivity contribution is 5.82. The van der Waals surface area contributed by atoms with Crippen LogP contribution in [0.1, 0.15) is 44.1 Å². The molecular weight excluding hydrogens is 452 g/mol. The molecule has 1 aliphatic rings.